The molecule has 0 bridgehead atoms. The predicted molar refractivity (Wildman–Crippen MR) is 79.3 cm³/mol. The van der Waals surface area contributed by atoms with Crippen LogP contribution in [0.25, 0.3) is 0 Å². The molecular weight excluding hydrogens is 279 g/mol. The van der Waals surface area contributed by atoms with Gasteiger partial charge in [0.2, 0.25) is 0 Å². The van der Waals surface area contributed by atoms with Crippen molar-refractivity contribution in [2.45, 2.75) is 78.1 Å². The van der Waals surface area contributed by atoms with E-state index in [-0.39, 0.29) is 17.6 Å². The minimum atomic E-state index is -4.25. The van der Waals surface area contributed by atoms with Gasteiger partial charge in [0.1, 0.15) is 6.61 Å². The molecule has 0 radical (unpaired) electrons. The molecule has 0 aromatic rings. The van der Waals surface area contributed by atoms with Gasteiger partial charge >= 0.3 is 6.18 Å². The van der Waals surface area contributed by atoms with Crippen LogP contribution in [0.15, 0.2) is 0 Å². The zero-order chi connectivity index (χ0) is 16.1. The van der Waals surface area contributed by atoms with Crippen LogP contribution in [0.5, 0.6) is 0 Å². The summed E-state index contributed by atoms with van der Waals surface area (Å²) in [7, 11) is 0. The Morgan fingerprint density at radius 3 is 2.33 bits per heavy atom. The topological polar surface area (TPSA) is 21.3 Å². The van der Waals surface area contributed by atoms with Crippen molar-refractivity contribution in [2.75, 3.05) is 13.2 Å². The van der Waals surface area contributed by atoms with Crippen LogP contribution in [-0.2, 0) is 4.74 Å². The number of alkyl halides is 3. The Balaban J connectivity index is 2.67. The van der Waals surface area contributed by atoms with Crippen LogP contribution in [0.3, 0.4) is 0 Å². The lowest BCUT2D eigenvalue weighted by molar-refractivity contribution is -0.193. The van der Waals surface area contributed by atoms with Crippen LogP contribution in [0, 0.1) is 11.3 Å². The summed E-state index contributed by atoms with van der Waals surface area (Å²) in [6.45, 7) is 8.31. The highest BCUT2D eigenvalue weighted by Gasteiger charge is 2.39. The molecule has 1 saturated carbocycles. The summed E-state index contributed by atoms with van der Waals surface area (Å²) in [6.07, 6.45) is 0.122. The normalized spacial score (nSPS) is 27.9. The third-order valence-electron chi connectivity index (χ3n) is 4.93. The van der Waals surface area contributed by atoms with Gasteiger partial charge in [0.15, 0.2) is 0 Å². The van der Waals surface area contributed by atoms with E-state index in [0.717, 1.165) is 38.6 Å². The molecule has 5 heteroatoms. The lowest BCUT2D eigenvalue weighted by Crippen LogP contribution is -2.48. The monoisotopic (exact) mass is 309 g/mol. The second kappa shape index (κ2) is 7.82. The number of ether oxygens (including phenoxy) is 1. The molecule has 0 spiro atoms. The van der Waals surface area contributed by atoms with E-state index < -0.39 is 12.8 Å². The first-order chi connectivity index (χ1) is 9.69. The highest BCUT2D eigenvalue weighted by Crippen LogP contribution is 2.41. The van der Waals surface area contributed by atoms with Gasteiger partial charge in [-0.15, -0.1) is 0 Å². The van der Waals surface area contributed by atoms with Crippen molar-refractivity contribution >= 4 is 0 Å². The van der Waals surface area contributed by atoms with E-state index in [1.54, 1.807) is 0 Å². The third-order valence-corrected chi connectivity index (χ3v) is 4.93. The van der Waals surface area contributed by atoms with Gasteiger partial charge < -0.3 is 10.1 Å². The van der Waals surface area contributed by atoms with Crippen molar-refractivity contribution in [3.63, 3.8) is 0 Å². The fraction of sp³-hybridized carbons (Fsp3) is 1.00. The van der Waals surface area contributed by atoms with Crippen molar-refractivity contribution in [2.24, 2.45) is 11.3 Å². The molecule has 0 aliphatic heterocycles. The average molecular weight is 309 g/mol. The van der Waals surface area contributed by atoms with Crippen molar-refractivity contribution in [3.05, 3.63) is 0 Å². The Morgan fingerprint density at radius 1 is 1.14 bits per heavy atom. The minimum Gasteiger partial charge on any atom is -0.367 e. The minimum absolute atomic E-state index is 0.0520. The molecule has 0 aromatic carbocycles. The van der Waals surface area contributed by atoms with Gasteiger partial charge in [-0.3, -0.25) is 0 Å². The first-order valence-corrected chi connectivity index (χ1v) is 8.11. The molecular formula is C16H30F3NO. The standard InChI is InChI=1S/C16H30F3NO/c1-5-9-20-13-8-7-12(15(3,4)6-2)10-14(13)21-11-16(17,18)19/h12-14,20H,5-11H2,1-4H3. The SMILES string of the molecule is CCCNC1CCC(C(C)(C)CC)CC1OCC(F)(F)F. The molecule has 3 unspecified atom stereocenters. The van der Waals surface area contributed by atoms with E-state index in [2.05, 4.69) is 33.0 Å². The molecule has 1 rings (SSSR count). The molecule has 1 N–H and O–H groups in total. The summed E-state index contributed by atoms with van der Waals surface area (Å²) in [4.78, 5) is 0. The molecule has 0 heterocycles. The summed E-state index contributed by atoms with van der Waals surface area (Å²) in [6, 6.07) is 0.0520. The molecule has 1 fully saturated rings. The number of rotatable bonds is 7. The van der Waals surface area contributed by atoms with E-state index in [1.807, 2.05) is 0 Å². The van der Waals surface area contributed by atoms with Gasteiger partial charge in [-0.25, -0.2) is 0 Å². The van der Waals surface area contributed by atoms with E-state index in [1.165, 1.54) is 0 Å². The van der Waals surface area contributed by atoms with Crippen LogP contribution in [-0.4, -0.2) is 31.5 Å². The molecule has 2 nitrogen and oxygen atoms in total. The largest absolute Gasteiger partial charge is 0.411 e. The maximum absolute atomic E-state index is 12.4. The summed E-state index contributed by atoms with van der Waals surface area (Å²) < 4.78 is 42.6. The molecule has 0 saturated heterocycles. The van der Waals surface area contributed by atoms with Crippen molar-refractivity contribution in [3.8, 4) is 0 Å². The molecule has 0 aromatic heterocycles. The molecule has 126 valence electrons. The predicted octanol–water partition coefficient (Wildman–Crippen LogP) is 4.54. The average Bonchev–Trinajstić information content (AvgIpc) is 2.42. The molecule has 0 amide bonds. The zero-order valence-corrected chi connectivity index (χ0v) is 13.7. The number of hydrogen-bond donors (Lipinski definition) is 1. The lowest BCUT2D eigenvalue weighted by Gasteiger charge is -2.43. The summed E-state index contributed by atoms with van der Waals surface area (Å²) in [5.41, 5.74) is 0.162. The maximum Gasteiger partial charge on any atom is 0.411 e. The Bertz CT molecular complexity index is 304. The first-order valence-electron chi connectivity index (χ1n) is 8.11. The van der Waals surface area contributed by atoms with Gasteiger partial charge in [-0.1, -0.05) is 34.1 Å². The van der Waals surface area contributed by atoms with Crippen LogP contribution in [0.2, 0.25) is 0 Å². The van der Waals surface area contributed by atoms with E-state index in [0.29, 0.717) is 5.92 Å². The highest BCUT2D eigenvalue weighted by atomic mass is 19.4. The molecule has 1 aliphatic carbocycles. The first kappa shape index (κ1) is 18.8. The third kappa shape index (κ3) is 6.15. The number of nitrogens with one attached hydrogen (secondary N) is 1. The van der Waals surface area contributed by atoms with Gasteiger partial charge in [0.05, 0.1) is 6.10 Å². The quantitative estimate of drug-likeness (QED) is 0.745. The zero-order valence-electron chi connectivity index (χ0n) is 13.7. The Labute approximate surface area is 126 Å². The van der Waals surface area contributed by atoms with Gasteiger partial charge in [-0.2, -0.15) is 13.2 Å². The van der Waals surface area contributed by atoms with Crippen LogP contribution in [0.1, 0.15) is 59.8 Å². The fourth-order valence-electron chi connectivity index (χ4n) is 3.08. The highest BCUT2D eigenvalue weighted by molar-refractivity contribution is 4.91. The summed E-state index contributed by atoms with van der Waals surface area (Å²) >= 11 is 0. The van der Waals surface area contributed by atoms with Crippen LogP contribution in [0.4, 0.5) is 13.2 Å². The van der Waals surface area contributed by atoms with Crippen molar-refractivity contribution in [1.29, 1.82) is 0 Å². The van der Waals surface area contributed by atoms with Crippen LogP contribution >= 0.6 is 0 Å². The fourth-order valence-corrected chi connectivity index (χ4v) is 3.08. The van der Waals surface area contributed by atoms with Gasteiger partial charge in [-0.05, 0) is 43.6 Å². The van der Waals surface area contributed by atoms with E-state index >= 15 is 0 Å². The van der Waals surface area contributed by atoms with Gasteiger partial charge in [0, 0.05) is 6.04 Å². The van der Waals surface area contributed by atoms with E-state index in [4.69, 9.17) is 4.74 Å². The Morgan fingerprint density at radius 2 is 1.81 bits per heavy atom. The van der Waals surface area contributed by atoms with Gasteiger partial charge in [0.25, 0.3) is 0 Å². The second-order valence-electron chi connectivity index (χ2n) is 6.88. The molecule has 1 aliphatic rings. The number of hydrogen-bond acceptors (Lipinski definition) is 2. The van der Waals surface area contributed by atoms with E-state index in [9.17, 15) is 13.2 Å². The Kier molecular flexibility index (Phi) is 6.98. The molecule has 21 heavy (non-hydrogen) atoms. The second-order valence-corrected chi connectivity index (χ2v) is 6.88. The summed E-state index contributed by atoms with van der Waals surface area (Å²) in [5, 5.41) is 3.36. The van der Waals surface area contributed by atoms with Crippen molar-refractivity contribution in [1.82, 2.24) is 5.32 Å². The molecule has 3 atom stereocenters. The van der Waals surface area contributed by atoms with Crippen molar-refractivity contribution < 1.29 is 17.9 Å². The smallest absolute Gasteiger partial charge is 0.367 e. The lowest BCUT2D eigenvalue weighted by atomic mass is 9.68. The van der Waals surface area contributed by atoms with Crippen LogP contribution < -0.4 is 5.32 Å². The Hall–Kier alpha value is -0.290. The maximum atomic E-state index is 12.4. The number of halogens is 3. The summed E-state index contributed by atoms with van der Waals surface area (Å²) in [5.74, 6) is 0.431.